The molecule has 20 heavy (non-hydrogen) atoms. The summed E-state index contributed by atoms with van der Waals surface area (Å²) in [5, 5.41) is 4.27. The second-order valence-electron chi connectivity index (χ2n) is 6.07. The zero-order valence-electron chi connectivity index (χ0n) is 12.7. The minimum atomic E-state index is 0.219. The molecule has 1 aliphatic rings. The summed E-state index contributed by atoms with van der Waals surface area (Å²) in [6, 6.07) is 8.21. The van der Waals surface area contributed by atoms with Crippen molar-refractivity contribution in [2.75, 3.05) is 6.54 Å². The Balaban J connectivity index is 2.09. The fraction of sp³-hybridized carbons (Fsp3) is 0.647. The number of nitrogens with one attached hydrogen (secondary N) is 1. The highest BCUT2D eigenvalue weighted by Gasteiger charge is 2.33. The molecule has 1 aromatic carbocycles. The summed E-state index contributed by atoms with van der Waals surface area (Å²) in [7, 11) is 0. The number of likely N-dealkylation sites (N-methyl/N-ethyl adjacent to an activating group) is 1. The Morgan fingerprint density at radius 2 is 2.05 bits per heavy atom. The average molecular weight is 296 g/mol. The van der Waals surface area contributed by atoms with E-state index in [0.717, 1.165) is 30.6 Å². The summed E-state index contributed by atoms with van der Waals surface area (Å²) in [5.74, 6) is 2.28. The van der Waals surface area contributed by atoms with E-state index in [1.807, 2.05) is 24.3 Å². The molecule has 3 heteroatoms. The van der Waals surface area contributed by atoms with Gasteiger partial charge in [-0.3, -0.25) is 0 Å². The van der Waals surface area contributed by atoms with Gasteiger partial charge in [-0.2, -0.15) is 0 Å². The summed E-state index contributed by atoms with van der Waals surface area (Å²) in [6.07, 6.45) is 3.81. The Morgan fingerprint density at radius 1 is 1.30 bits per heavy atom. The van der Waals surface area contributed by atoms with Gasteiger partial charge in [0, 0.05) is 6.04 Å². The van der Waals surface area contributed by atoms with Crippen LogP contribution in [0.25, 0.3) is 0 Å². The minimum Gasteiger partial charge on any atom is -0.487 e. The molecule has 1 aromatic rings. The fourth-order valence-electron chi connectivity index (χ4n) is 3.09. The average Bonchev–Trinajstić information content (AvgIpc) is 2.43. The minimum absolute atomic E-state index is 0.219. The van der Waals surface area contributed by atoms with Crippen LogP contribution in [0.1, 0.15) is 40.0 Å². The summed E-state index contributed by atoms with van der Waals surface area (Å²) in [4.78, 5) is 0. The molecule has 3 atom stereocenters. The van der Waals surface area contributed by atoms with Crippen molar-refractivity contribution < 1.29 is 4.74 Å². The number of hydrogen-bond donors (Lipinski definition) is 1. The molecule has 1 fully saturated rings. The first-order valence-electron chi connectivity index (χ1n) is 7.76. The molecule has 1 saturated carbocycles. The fourth-order valence-corrected chi connectivity index (χ4v) is 3.28. The maximum atomic E-state index is 6.24. The van der Waals surface area contributed by atoms with Gasteiger partial charge in [0.15, 0.2) is 0 Å². The van der Waals surface area contributed by atoms with Gasteiger partial charge in [0.05, 0.1) is 5.02 Å². The lowest BCUT2D eigenvalue weighted by Gasteiger charge is -2.38. The van der Waals surface area contributed by atoms with Crippen molar-refractivity contribution in [3.63, 3.8) is 0 Å². The number of ether oxygens (including phenoxy) is 1. The number of halogens is 1. The van der Waals surface area contributed by atoms with E-state index in [2.05, 4.69) is 26.1 Å². The maximum Gasteiger partial charge on any atom is 0.138 e. The Labute approximate surface area is 127 Å². The van der Waals surface area contributed by atoms with Crippen LogP contribution in [0, 0.1) is 11.8 Å². The molecule has 112 valence electrons. The standard InChI is InChI=1S/C17H26ClNO/c1-4-19-15-10-9-13(12(2)3)11-17(15)20-16-8-6-5-7-14(16)18/h5-8,12-13,15,17,19H,4,9-11H2,1-3H3. The van der Waals surface area contributed by atoms with Crippen molar-refractivity contribution in [2.45, 2.75) is 52.2 Å². The van der Waals surface area contributed by atoms with Gasteiger partial charge in [0.1, 0.15) is 11.9 Å². The van der Waals surface area contributed by atoms with Crippen LogP contribution < -0.4 is 10.1 Å². The van der Waals surface area contributed by atoms with Crippen molar-refractivity contribution in [2.24, 2.45) is 11.8 Å². The van der Waals surface area contributed by atoms with Crippen LogP contribution in [0.3, 0.4) is 0 Å². The van der Waals surface area contributed by atoms with Crippen LogP contribution >= 0.6 is 11.6 Å². The summed E-state index contributed by atoms with van der Waals surface area (Å²) < 4.78 is 6.24. The Bertz CT molecular complexity index is 421. The van der Waals surface area contributed by atoms with Crippen LogP contribution in [0.5, 0.6) is 5.75 Å². The van der Waals surface area contributed by atoms with E-state index in [-0.39, 0.29) is 6.10 Å². The Morgan fingerprint density at radius 3 is 2.70 bits per heavy atom. The van der Waals surface area contributed by atoms with Crippen molar-refractivity contribution in [1.82, 2.24) is 5.32 Å². The lowest BCUT2D eigenvalue weighted by atomic mass is 9.78. The summed E-state index contributed by atoms with van der Waals surface area (Å²) in [5.41, 5.74) is 0. The summed E-state index contributed by atoms with van der Waals surface area (Å²) >= 11 is 6.22. The first kappa shape index (κ1) is 15.7. The quantitative estimate of drug-likeness (QED) is 0.862. The SMILES string of the molecule is CCNC1CCC(C(C)C)CC1Oc1ccccc1Cl. The van der Waals surface area contributed by atoms with Crippen molar-refractivity contribution in [3.8, 4) is 5.75 Å². The highest BCUT2D eigenvalue weighted by Crippen LogP contribution is 2.34. The molecule has 1 aliphatic carbocycles. The van der Waals surface area contributed by atoms with Crippen LogP contribution in [-0.2, 0) is 0 Å². The van der Waals surface area contributed by atoms with E-state index in [4.69, 9.17) is 16.3 Å². The molecule has 0 aromatic heterocycles. The topological polar surface area (TPSA) is 21.3 Å². The lowest BCUT2D eigenvalue weighted by Crippen LogP contribution is -2.47. The van der Waals surface area contributed by atoms with E-state index in [9.17, 15) is 0 Å². The zero-order chi connectivity index (χ0) is 14.5. The van der Waals surface area contributed by atoms with Gasteiger partial charge in [-0.05, 0) is 49.8 Å². The smallest absolute Gasteiger partial charge is 0.138 e. The van der Waals surface area contributed by atoms with E-state index in [1.165, 1.54) is 12.8 Å². The molecule has 0 bridgehead atoms. The van der Waals surface area contributed by atoms with E-state index >= 15 is 0 Å². The highest BCUT2D eigenvalue weighted by atomic mass is 35.5. The third-order valence-corrected chi connectivity index (χ3v) is 4.67. The van der Waals surface area contributed by atoms with Crippen LogP contribution in [0.15, 0.2) is 24.3 Å². The molecular weight excluding hydrogens is 270 g/mol. The molecule has 1 N–H and O–H groups in total. The van der Waals surface area contributed by atoms with Crippen LogP contribution in [0.4, 0.5) is 0 Å². The number of hydrogen-bond acceptors (Lipinski definition) is 2. The van der Waals surface area contributed by atoms with Crippen molar-refractivity contribution in [1.29, 1.82) is 0 Å². The molecule has 0 amide bonds. The predicted octanol–water partition coefficient (Wildman–Crippen LogP) is 4.52. The molecule has 2 nitrogen and oxygen atoms in total. The van der Waals surface area contributed by atoms with Gasteiger partial charge >= 0.3 is 0 Å². The normalized spacial score (nSPS) is 26.8. The molecule has 0 aliphatic heterocycles. The van der Waals surface area contributed by atoms with Gasteiger partial charge < -0.3 is 10.1 Å². The first-order chi connectivity index (χ1) is 9.61. The largest absolute Gasteiger partial charge is 0.487 e. The van der Waals surface area contributed by atoms with E-state index in [0.29, 0.717) is 11.1 Å². The van der Waals surface area contributed by atoms with Crippen molar-refractivity contribution >= 4 is 11.6 Å². The van der Waals surface area contributed by atoms with Crippen LogP contribution in [0.2, 0.25) is 5.02 Å². The molecule has 0 spiro atoms. The van der Waals surface area contributed by atoms with Gasteiger partial charge in [-0.25, -0.2) is 0 Å². The monoisotopic (exact) mass is 295 g/mol. The third kappa shape index (κ3) is 3.89. The van der Waals surface area contributed by atoms with Crippen LogP contribution in [-0.4, -0.2) is 18.7 Å². The van der Waals surface area contributed by atoms with Gasteiger partial charge in [0.2, 0.25) is 0 Å². The first-order valence-corrected chi connectivity index (χ1v) is 8.14. The second-order valence-corrected chi connectivity index (χ2v) is 6.48. The number of benzene rings is 1. The number of para-hydroxylation sites is 1. The molecular formula is C17H26ClNO. The lowest BCUT2D eigenvalue weighted by molar-refractivity contribution is 0.0726. The van der Waals surface area contributed by atoms with Gasteiger partial charge in [-0.15, -0.1) is 0 Å². The third-order valence-electron chi connectivity index (χ3n) is 4.36. The Kier molecular flexibility index (Phi) is 5.74. The van der Waals surface area contributed by atoms with E-state index < -0.39 is 0 Å². The van der Waals surface area contributed by atoms with Gasteiger partial charge in [0.25, 0.3) is 0 Å². The number of rotatable bonds is 5. The molecule has 2 rings (SSSR count). The second kappa shape index (κ2) is 7.33. The van der Waals surface area contributed by atoms with Crippen molar-refractivity contribution in [3.05, 3.63) is 29.3 Å². The summed E-state index contributed by atoms with van der Waals surface area (Å²) in [6.45, 7) is 7.76. The molecule has 0 heterocycles. The highest BCUT2D eigenvalue weighted by molar-refractivity contribution is 6.32. The predicted molar refractivity (Wildman–Crippen MR) is 85.5 cm³/mol. The molecule has 0 saturated heterocycles. The molecule has 3 unspecified atom stereocenters. The zero-order valence-corrected chi connectivity index (χ0v) is 13.5. The Hall–Kier alpha value is -0.730. The maximum absolute atomic E-state index is 6.24. The van der Waals surface area contributed by atoms with Gasteiger partial charge in [-0.1, -0.05) is 44.5 Å². The molecule has 0 radical (unpaired) electrons. The van der Waals surface area contributed by atoms with E-state index in [1.54, 1.807) is 0 Å².